The van der Waals surface area contributed by atoms with Crippen molar-refractivity contribution in [3.05, 3.63) is 188 Å². The second kappa shape index (κ2) is 11.6. The number of benzene rings is 7. The van der Waals surface area contributed by atoms with Gasteiger partial charge in [0.2, 0.25) is 0 Å². The number of hydrogen-bond donors (Lipinski definition) is 0. The molecule has 1 nitrogen and oxygen atoms in total. The van der Waals surface area contributed by atoms with Crippen LogP contribution in [0.1, 0.15) is 0 Å². The monoisotopic (exact) mass is 599 g/mol. The first kappa shape index (κ1) is 26.1. The average molecular weight is 598 g/mol. The van der Waals surface area contributed by atoms with Crippen LogP contribution < -0.4 is 22.5 Å². The third-order valence-corrected chi connectivity index (χ3v) is 18.3. The average Bonchev–Trinajstić information content (AvgIpc) is 3.08. The van der Waals surface area contributed by atoms with Gasteiger partial charge in [-0.05, 0) is 0 Å². The fraction of sp³-hybridized carbons (Fsp3) is 0. The molecule has 0 radical (unpaired) electrons. The van der Waals surface area contributed by atoms with Crippen LogP contribution in [0, 0.1) is 0 Å². The number of hydrogen-bond acceptors (Lipinski definition) is 1. The molecule has 0 aliphatic rings. The summed E-state index contributed by atoms with van der Waals surface area (Å²) in [5.41, 5.74) is 3.46. The van der Waals surface area contributed by atoms with Crippen LogP contribution in [-0.4, -0.2) is 13.3 Å². The molecule has 200 valence electrons. The van der Waals surface area contributed by atoms with Crippen LogP contribution in [0.25, 0.3) is 10.8 Å². The molecule has 0 saturated heterocycles. The maximum absolute atomic E-state index is 3.32. The van der Waals surface area contributed by atoms with Crippen LogP contribution in [0.4, 0.5) is 17.1 Å². The van der Waals surface area contributed by atoms with E-state index in [1.54, 1.807) is 0 Å². The van der Waals surface area contributed by atoms with Crippen molar-refractivity contribution in [3.63, 3.8) is 0 Å². The van der Waals surface area contributed by atoms with Gasteiger partial charge in [-0.1, -0.05) is 0 Å². The molecule has 0 aromatic heterocycles. The van der Waals surface area contributed by atoms with Gasteiger partial charge < -0.3 is 0 Å². The minimum atomic E-state index is -3.32. The zero-order chi connectivity index (χ0) is 28.2. The van der Waals surface area contributed by atoms with Crippen molar-refractivity contribution in [2.75, 3.05) is 4.90 Å². The van der Waals surface area contributed by atoms with Gasteiger partial charge in [-0.3, -0.25) is 0 Å². The first-order valence-corrected chi connectivity index (χ1v) is 18.7. The SMILES string of the molecule is c1ccc(N(c2cc[c]([Ge]([c]3ccccc3)([c]3ccccc3)[c]3ccccc3)cc2)c2cccc3ccccc23)cc1. The summed E-state index contributed by atoms with van der Waals surface area (Å²) in [5, 5.41) is 2.47. The van der Waals surface area contributed by atoms with Crippen molar-refractivity contribution < 1.29 is 0 Å². The van der Waals surface area contributed by atoms with E-state index in [0.717, 1.165) is 11.4 Å². The van der Waals surface area contributed by atoms with Crippen molar-refractivity contribution in [2.45, 2.75) is 0 Å². The quantitative estimate of drug-likeness (QED) is 0.170. The van der Waals surface area contributed by atoms with Crippen molar-refractivity contribution in [1.82, 2.24) is 0 Å². The molecule has 0 spiro atoms. The number of para-hydroxylation sites is 1. The molecule has 42 heavy (non-hydrogen) atoms. The summed E-state index contributed by atoms with van der Waals surface area (Å²) in [7, 11) is 0. The van der Waals surface area contributed by atoms with Crippen LogP contribution in [0.15, 0.2) is 188 Å². The molecule has 0 aliphatic heterocycles. The fourth-order valence-electron chi connectivity index (χ4n) is 6.33. The van der Waals surface area contributed by atoms with Crippen LogP contribution in [0.3, 0.4) is 0 Å². The first-order valence-electron chi connectivity index (χ1n) is 14.5. The van der Waals surface area contributed by atoms with E-state index >= 15 is 0 Å². The van der Waals surface area contributed by atoms with Gasteiger partial charge >= 0.3 is 252 Å². The molecule has 0 heterocycles. The maximum atomic E-state index is 2.39. The molecule has 7 rings (SSSR count). The number of anilines is 3. The molecule has 7 aromatic carbocycles. The summed E-state index contributed by atoms with van der Waals surface area (Å²) >= 11 is -3.32. The van der Waals surface area contributed by atoms with Gasteiger partial charge in [-0.25, -0.2) is 0 Å². The summed E-state index contributed by atoms with van der Waals surface area (Å²) in [6.07, 6.45) is 0. The molecule has 0 aliphatic carbocycles. The third-order valence-electron chi connectivity index (χ3n) is 8.20. The van der Waals surface area contributed by atoms with Gasteiger partial charge in [0, 0.05) is 0 Å². The van der Waals surface area contributed by atoms with Gasteiger partial charge in [-0.15, -0.1) is 0 Å². The number of rotatable bonds is 7. The Morgan fingerprint density at radius 3 is 1.26 bits per heavy atom. The van der Waals surface area contributed by atoms with E-state index in [1.165, 1.54) is 34.0 Å². The van der Waals surface area contributed by atoms with Crippen molar-refractivity contribution in [2.24, 2.45) is 0 Å². The van der Waals surface area contributed by atoms with E-state index in [0.29, 0.717) is 0 Å². The Bertz CT molecular complexity index is 1800. The summed E-state index contributed by atoms with van der Waals surface area (Å²) < 4.78 is 5.69. The Morgan fingerprint density at radius 2 is 0.714 bits per heavy atom. The molecule has 2 heteroatoms. The molecular weight excluding hydrogens is 567 g/mol. The first-order chi connectivity index (χ1) is 20.9. The summed E-state index contributed by atoms with van der Waals surface area (Å²) in [4.78, 5) is 2.38. The number of fused-ring (bicyclic) bond motifs is 1. The van der Waals surface area contributed by atoms with E-state index < -0.39 is 13.3 Å². The van der Waals surface area contributed by atoms with Crippen LogP contribution >= 0.6 is 0 Å². The summed E-state index contributed by atoms with van der Waals surface area (Å²) in [5.74, 6) is 0. The van der Waals surface area contributed by atoms with E-state index in [9.17, 15) is 0 Å². The summed E-state index contributed by atoms with van der Waals surface area (Å²) in [6, 6.07) is 68.8. The van der Waals surface area contributed by atoms with Gasteiger partial charge in [0.15, 0.2) is 0 Å². The number of nitrogens with zero attached hydrogens (tertiary/aromatic N) is 1. The Kier molecular flexibility index (Phi) is 7.17. The Hall–Kier alpha value is -4.86. The standard InChI is InChI=1S/C40H31GeN/c1-5-18-33(19-6-1)41(34-20-7-2-8-21-34,35-22-9-3-10-23-35)36-28-30-38(31-29-36)42(37-24-11-4-12-25-37)40-27-15-17-32-16-13-14-26-39(32)40/h1-31H. The van der Waals surface area contributed by atoms with Crippen molar-refractivity contribution in [1.29, 1.82) is 0 Å². The van der Waals surface area contributed by atoms with Gasteiger partial charge in [0.05, 0.1) is 0 Å². The molecule has 0 N–H and O–H groups in total. The van der Waals surface area contributed by atoms with Gasteiger partial charge in [0.1, 0.15) is 0 Å². The molecular formula is C40H31GeN. The second-order valence-corrected chi connectivity index (χ2v) is 18.6. The van der Waals surface area contributed by atoms with Crippen LogP contribution in [0.5, 0.6) is 0 Å². The molecule has 7 aromatic rings. The van der Waals surface area contributed by atoms with Crippen LogP contribution in [-0.2, 0) is 0 Å². The molecule has 0 saturated carbocycles. The van der Waals surface area contributed by atoms with Gasteiger partial charge in [0.25, 0.3) is 0 Å². The van der Waals surface area contributed by atoms with Gasteiger partial charge in [-0.2, -0.15) is 0 Å². The van der Waals surface area contributed by atoms with E-state index in [2.05, 4.69) is 193 Å². The molecule has 0 fully saturated rings. The van der Waals surface area contributed by atoms with E-state index in [4.69, 9.17) is 0 Å². The topological polar surface area (TPSA) is 3.24 Å². The molecule has 0 bridgehead atoms. The molecule has 0 unspecified atom stereocenters. The normalized spacial score (nSPS) is 11.3. The third kappa shape index (κ3) is 4.62. The Labute approximate surface area is 250 Å². The fourth-order valence-corrected chi connectivity index (χ4v) is 16.3. The Balaban J connectivity index is 1.45. The minimum absolute atomic E-state index is 1.14. The predicted molar refractivity (Wildman–Crippen MR) is 182 cm³/mol. The predicted octanol–water partition coefficient (Wildman–Crippen LogP) is 7.69. The zero-order valence-corrected chi connectivity index (χ0v) is 25.4. The van der Waals surface area contributed by atoms with Crippen molar-refractivity contribution in [3.8, 4) is 0 Å². The van der Waals surface area contributed by atoms with Crippen LogP contribution in [0.2, 0.25) is 0 Å². The molecule has 0 atom stereocenters. The van der Waals surface area contributed by atoms with E-state index in [-0.39, 0.29) is 0 Å². The summed E-state index contributed by atoms with van der Waals surface area (Å²) in [6.45, 7) is 0. The molecule has 0 amide bonds. The second-order valence-electron chi connectivity index (χ2n) is 10.6. The Morgan fingerprint density at radius 1 is 0.310 bits per heavy atom. The van der Waals surface area contributed by atoms with E-state index in [1.807, 2.05) is 0 Å². The van der Waals surface area contributed by atoms with Crippen molar-refractivity contribution >= 4 is 58.7 Å². The zero-order valence-electron chi connectivity index (χ0n) is 23.3.